The summed E-state index contributed by atoms with van der Waals surface area (Å²) in [6.07, 6.45) is 15.1. The molecule has 0 bridgehead atoms. The molecule has 0 amide bonds. The van der Waals surface area contributed by atoms with Crippen molar-refractivity contribution in [2.24, 2.45) is 11.8 Å². The van der Waals surface area contributed by atoms with Gasteiger partial charge in [-0.05, 0) is 63.4 Å². The number of carbonyl (C=O) groups excluding carboxylic acids is 2. The summed E-state index contributed by atoms with van der Waals surface area (Å²) >= 11 is 0. The molecule has 1 saturated carbocycles. The van der Waals surface area contributed by atoms with Crippen molar-refractivity contribution in [2.45, 2.75) is 95.7 Å². The minimum absolute atomic E-state index is 0.0691. The zero-order valence-corrected chi connectivity index (χ0v) is 22.8. The second-order valence-corrected chi connectivity index (χ2v) is 10.2. The highest BCUT2D eigenvalue weighted by atomic mass is 16.7. The Morgan fingerprint density at radius 1 is 1.11 bits per heavy atom. The molecule has 6 atom stereocenters. The van der Waals surface area contributed by atoms with E-state index >= 15 is 0 Å². The number of aryl methyl sites for hydroxylation is 1. The summed E-state index contributed by atoms with van der Waals surface area (Å²) in [4.78, 5) is 23.4. The van der Waals surface area contributed by atoms with Crippen LogP contribution in [0.25, 0.3) is 0 Å². The van der Waals surface area contributed by atoms with Crippen LogP contribution in [-0.4, -0.2) is 55.4 Å². The quantitative estimate of drug-likeness (QED) is 0.199. The standard InChI is InChI=1S/C31H44O7/c1-23(32)37-28-22-29(38-30-20-12-13-21-36-30)26(18-9-4-8-16-24-14-6-3-7-15-24)25(28)17-10-5-11-19-27(33)31(34)35-2/h3,5-7,9-10,14-15,18,25-30,33H,4,8,11-13,16-17,19-22H2,1-2H3/b10-5-,18-9+/t25-,26-,27?,28+,29-,30?/m1/s1. The molecule has 1 aliphatic carbocycles. The summed E-state index contributed by atoms with van der Waals surface area (Å²) in [5, 5.41) is 9.81. The third-order valence-electron chi connectivity index (χ3n) is 7.34. The molecule has 2 fully saturated rings. The summed E-state index contributed by atoms with van der Waals surface area (Å²) < 4.78 is 22.7. The average Bonchev–Trinajstić information content (AvgIpc) is 3.23. The van der Waals surface area contributed by atoms with E-state index in [2.05, 4.69) is 47.2 Å². The maximum Gasteiger partial charge on any atom is 0.334 e. The molecule has 2 aliphatic rings. The molecule has 3 rings (SSSR count). The van der Waals surface area contributed by atoms with Crippen LogP contribution in [-0.2, 0) is 35.0 Å². The lowest BCUT2D eigenvalue weighted by Crippen LogP contribution is -2.30. The number of rotatable bonds is 14. The maximum atomic E-state index is 11.9. The number of aliphatic hydroxyl groups excluding tert-OH is 1. The normalized spacial score (nSPS) is 26.6. The molecule has 38 heavy (non-hydrogen) atoms. The highest BCUT2D eigenvalue weighted by molar-refractivity contribution is 5.74. The first-order chi connectivity index (χ1) is 18.5. The number of allylic oxidation sites excluding steroid dienone is 3. The predicted octanol–water partition coefficient (Wildman–Crippen LogP) is 5.31. The molecule has 7 nitrogen and oxygen atoms in total. The summed E-state index contributed by atoms with van der Waals surface area (Å²) in [6, 6.07) is 10.5. The van der Waals surface area contributed by atoms with Crippen LogP contribution in [0.5, 0.6) is 0 Å². The van der Waals surface area contributed by atoms with Crippen LogP contribution < -0.4 is 0 Å². The molecule has 2 unspecified atom stereocenters. The van der Waals surface area contributed by atoms with Crippen LogP contribution in [0, 0.1) is 11.8 Å². The molecular weight excluding hydrogens is 484 g/mol. The van der Waals surface area contributed by atoms with Crippen molar-refractivity contribution in [3.8, 4) is 0 Å². The van der Waals surface area contributed by atoms with E-state index in [1.165, 1.54) is 19.6 Å². The predicted molar refractivity (Wildman–Crippen MR) is 145 cm³/mol. The SMILES string of the molecule is COC(=O)C(O)CC/C=C\C[C@@H]1[C@@H](/C=C/CCCc2ccccc2)[C@H](OC2CCCCO2)C[C@@H]1OC(C)=O. The third kappa shape index (κ3) is 10.0. The molecule has 210 valence electrons. The van der Waals surface area contributed by atoms with Gasteiger partial charge in [-0.2, -0.15) is 0 Å². The fourth-order valence-corrected chi connectivity index (χ4v) is 5.37. The zero-order valence-electron chi connectivity index (χ0n) is 22.8. The number of unbranched alkanes of at least 4 members (excludes halogenated alkanes) is 1. The van der Waals surface area contributed by atoms with Gasteiger partial charge in [-0.1, -0.05) is 54.6 Å². The van der Waals surface area contributed by atoms with Crippen molar-refractivity contribution in [2.75, 3.05) is 13.7 Å². The molecule has 1 heterocycles. The Kier molecular flexibility index (Phi) is 13.0. The lowest BCUT2D eigenvalue weighted by molar-refractivity contribution is -0.193. The topological polar surface area (TPSA) is 91.3 Å². The Hall–Kier alpha value is -2.48. The first kappa shape index (κ1) is 30.1. The van der Waals surface area contributed by atoms with Crippen molar-refractivity contribution in [1.82, 2.24) is 0 Å². The lowest BCUT2D eigenvalue weighted by Gasteiger charge is -2.29. The van der Waals surface area contributed by atoms with Gasteiger partial charge < -0.3 is 24.1 Å². The monoisotopic (exact) mass is 528 g/mol. The summed E-state index contributed by atoms with van der Waals surface area (Å²) in [5.74, 6) is -0.747. The summed E-state index contributed by atoms with van der Waals surface area (Å²) in [7, 11) is 1.27. The summed E-state index contributed by atoms with van der Waals surface area (Å²) in [6.45, 7) is 2.17. The van der Waals surface area contributed by atoms with Crippen molar-refractivity contribution in [3.63, 3.8) is 0 Å². The number of esters is 2. The highest BCUT2D eigenvalue weighted by Gasteiger charge is 2.44. The molecule has 0 spiro atoms. The van der Waals surface area contributed by atoms with E-state index in [0.717, 1.165) is 38.5 Å². The van der Waals surface area contributed by atoms with Gasteiger partial charge >= 0.3 is 11.9 Å². The molecule has 1 aromatic rings. The fourth-order valence-electron chi connectivity index (χ4n) is 5.37. The molecule has 1 aliphatic heterocycles. The second kappa shape index (κ2) is 16.5. The average molecular weight is 529 g/mol. The molecule has 1 aromatic carbocycles. The van der Waals surface area contributed by atoms with Crippen molar-refractivity contribution in [3.05, 3.63) is 60.2 Å². The number of hydrogen-bond acceptors (Lipinski definition) is 7. The van der Waals surface area contributed by atoms with E-state index < -0.39 is 12.1 Å². The fraction of sp³-hybridized carbons (Fsp3) is 0.613. The van der Waals surface area contributed by atoms with E-state index in [9.17, 15) is 14.7 Å². The molecule has 7 heteroatoms. The zero-order chi connectivity index (χ0) is 27.2. The molecule has 0 aromatic heterocycles. The number of aliphatic hydroxyl groups is 1. The minimum atomic E-state index is -1.12. The van der Waals surface area contributed by atoms with Gasteiger partial charge in [-0.3, -0.25) is 4.79 Å². The van der Waals surface area contributed by atoms with Crippen molar-refractivity contribution >= 4 is 11.9 Å². The van der Waals surface area contributed by atoms with Crippen molar-refractivity contribution in [1.29, 1.82) is 0 Å². The van der Waals surface area contributed by atoms with E-state index in [1.54, 1.807) is 0 Å². The van der Waals surface area contributed by atoms with Crippen LogP contribution in [0.1, 0.15) is 70.3 Å². The van der Waals surface area contributed by atoms with Gasteiger partial charge in [0, 0.05) is 31.8 Å². The van der Waals surface area contributed by atoms with Crippen LogP contribution in [0.4, 0.5) is 0 Å². The number of benzene rings is 1. The number of hydrogen-bond donors (Lipinski definition) is 1. The maximum absolute atomic E-state index is 11.9. The molecule has 1 N–H and O–H groups in total. The minimum Gasteiger partial charge on any atom is -0.467 e. The van der Waals surface area contributed by atoms with Gasteiger partial charge in [-0.15, -0.1) is 0 Å². The Labute approximate surface area is 227 Å². The highest BCUT2D eigenvalue weighted by Crippen LogP contribution is 2.41. The third-order valence-corrected chi connectivity index (χ3v) is 7.34. The number of carbonyl (C=O) groups is 2. The number of ether oxygens (including phenoxy) is 4. The van der Waals surface area contributed by atoms with E-state index in [1.807, 2.05) is 12.1 Å². The van der Waals surface area contributed by atoms with Crippen LogP contribution in [0.15, 0.2) is 54.6 Å². The van der Waals surface area contributed by atoms with E-state index in [4.69, 9.17) is 14.2 Å². The Morgan fingerprint density at radius 2 is 1.92 bits per heavy atom. The number of methoxy groups -OCH3 is 1. The lowest BCUT2D eigenvalue weighted by atomic mass is 9.89. The first-order valence-electron chi connectivity index (χ1n) is 14.0. The summed E-state index contributed by atoms with van der Waals surface area (Å²) in [5.41, 5.74) is 1.34. The first-order valence-corrected chi connectivity index (χ1v) is 14.0. The molecule has 1 saturated heterocycles. The Balaban J connectivity index is 1.65. The second-order valence-electron chi connectivity index (χ2n) is 10.2. The van der Waals surface area contributed by atoms with Crippen LogP contribution in [0.2, 0.25) is 0 Å². The van der Waals surface area contributed by atoms with Crippen LogP contribution >= 0.6 is 0 Å². The Bertz CT molecular complexity index is 891. The van der Waals surface area contributed by atoms with Gasteiger partial charge in [0.05, 0.1) is 13.2 Å². The van der Waals surface area contributed by atoms with Gasteiger partial charge in [0.2, 0.25) is 0 Å². The van der Waals surface area contributed by atoms with Gasteiger partial charge in [0.15, 0.2) is 12.4 Å². The molecular formula is C31H44O7. The van der Waals surface area contributed by atoms with E-state index in [-0.39, 0.29) is 36.3 Å². The van der Waals surface area contributed by atoms with Gasteiger partial charge in [-0.25, -0.2) is 4.79 Å². The molecule has 0 radical (unpaired) electrons. The van der Waals surface area contributed by atoms with E-state index in [0.29, 0.717) is 32.3 Å². The van der Waals surface area contributed by atoms with Crippen molar-refractivity contribution < 1.29 is 33.6 Å². The van der Waals surface area contributed by atoms with Gasteiger partial charge in [0.25, 0.3) is 0 Å². The van der Waals surface area contributed by atoms with Gasteiger partial charge in [0.1, 0.15) is 6.10 Å². The van der Waals surface area contributed by atoms with Crippen LogP contribution in [0.3, 0.4) is 0 Å². The smallest absolute Gasteiger partial charge is 0.334 e. The Morgan fingerprint density at radius 3 is 2.63 bits per heavy atom. The largest absolute Gasteiger partial charge is 0.467 e.